The number of rotatable bonds is 7. The first-order chi connectivity index (χ1) is 10.3. The van der Waals surface area contributed by atoms with Crippen LogP contribution in [-0.4, -0.2) is 36.8 Å². The molecule has 0 amide bonds. The zero-order chi connectivity index (χ0) is 14.5. The highest BCUT2D eigenvalue weighted by Gasteiger charge is 2.22. The van der Waals surface area contributed by atoms with E-state index in [0.29, 0.717) is 6.10 Å². The van der Waals surface area contributed by atoms with Gasteiger partial charge in [0.2, 0.25) is 0 Å². The Morgan fingerprint density at radius 1 is 1.38 bits per heavy atom. The predicted molar refractivity (Wildman–Crippen MR) is 85.6 cm³/mol. The van der Waals surface area contributed by atoms with Gasteiger partial charge < -0.3 is 15.0 Å². The van der Waals surface area contributed by atoms with E-state index in [1.54, 1.807) is 0 Å². The first kappa shape index (κ1) is 14.8. The summed E-state index contributed by atoms with van der Waals surface area (Å²) in [7, 11) is 0. The highest BCUT2D eigenvalue weighted by atomic mass is 16.5. The third-order valence-electron chi connectivity index (χ3n) is 4.24. The SMILES string of the molecule is CCCOC1CCCN(c2cc(CNC3CC3)ccn2)C1. The third kappa shape index (κ3) is 4.42. The van der Waals surface area contributed by atoms with E-state index in [2.05, 4.69) is 34.3 Å². The van der Waals surface area contributed by atoms with Crippen LogP contribution in [0.5, 0.6) is 0 Å². The van der Waals surface area contributed by atoms with Crippen LogP contribution in [0.4, 0.5) is 5.82 Å². The number of pyridine rings is 1. The number of aromatic nitrogens is 1. The lowest BCUT2D eigenvalue weighted by Gasteiger charge is -2.33. The van der Waals surface area contributed by atoms with Crippen molar-refractivity contribution in [3.8, 4) is 0 Å². The fraction of sp³-hybridized carbons (Fsp3) is 0.706. The molecule has 0 spiro atoms. The van der Waals surface area contributed by atoms with Crippen molar-refractivity contribution in [3.63, 3.8) is 0 Å². The normalized spacial score (nSPS) is 22.5. The Bertz CT molecular complexity index is 447. The van der Waals surface area contributed by atoms with Crippen LogP contribution in [0.25, 0.3) is 0 Å². The molecule has 0 bridgehead atoms. The van der Waals surface area contributed by atoms with Crippen molar-refractivity contribution in [1.29, 1.82) is 0 Å². The highest BCUT2D eigenvalue weighted by Crippen LogP contribution is 2.22. The van der Waals surface area contributed by atoms with Gasteiger partial charge in [0.25, 0.3) is 0 Å². The van der Waals surface area contributed by atoms with Gasteiger partial charge >= 0.3 is 0 Å². The minimum absolute atomic E-state index is 0.369. The Hall–Kier alpha value is -1.13. The molecule has 1 aromatic heterocycles. The van der Waals surface area contributed by atoms with Gasteiger partial charge in [-0.15, -0.1) is 0 Å². The van der Waals surface area contributed by atoms with E-state index >= 15 is 0 Å². The van der Waals surface area contributed by atoms with Gasteiger partial charge in [-0.25, -0.2) is 4.98 Å². The van der Waals surface area contributed by atoms with Gasteiger partial charge in [0.1, 0.15) is 5.82 Å². The maximum atomic E-state index is 5.92. The summed E-state index contributed by atoms with van der Waals surface area (Å²) in [5, 5.41) is 3.57. The number of piperidine rings is 1. The molecular formula is C17H27N3O. The largest absolute Gasteiger partial charge is 0.376 e. The molecule has 116 valence electrons. The standard InChI is InChI=1S/C17H27N3O/c1-2-10-21-16-4-3-9-20(13-16)17-11-14(7-8-18-17)12-19-15-5-6-15/h7-8,11,15-16,19H,2-6,9-10,12-13H2,1H3. The molecule has 1 atom stereocenters. The van der Waals surface area contributed by atoms with Crippen molar-refractivity contribution in [2.75, 3.05) is 24.6 Å². The number of hydrogen-bond donors (Lipinski definition) is 1. The van der Waals surface area contributed by atoms with Gasteiger partial charge in [0, 0.05) is 38.5 Å². The molecule has 21 heavy (non-hydrogen) atoms. The molecule has 2 heterocycles. The quantitative estimate of drug-likeness (QED) is 0.837. The summed E-state index contributed by atoms with van der Waals surface area (Å²) < 4.78 is 5.92. The van der Waals surface area contributed by atoms with Crippen LogP contribution >= 0.6 is 0 Å². The monoisotopic (exact) mass is 289 g/mol. The molecule has 1 saturated heterocycles. The third-order valence-corrected chi connectivity index (χ3v) is 4.24. The summed E-state index contributed by atoms with van der Waals surface area (Å²) >= 11 is 0. The number of nitrogens with one attached hydrogen (secondary N) is 1. The molecule has 1 aliphatic carbocycles. The van der Waals surface area contributed by atoms with Crippen molar-refractivity contribution in [2.24, 2.45) is 0 Å². The second kappa shape index (κ2) is 7.23. The van der Waals surface area contributed by atoms with Gasteiger partial charge in [-0.1, -0.05) is 6.92 Å². The first-order valence-electron chi connectivity index (χ1n) is 8.40. The molecule has 1 aromatic rings. The molecule has 4 nitrogen and oxygen atoms in total. The zero-order valence-corrected chi connectivity index (χ0v) is 13.1. The molecule has 2 fully saturated rings. The maximum Gasteiger partial charge on any atom is 0.128 e. The summed E-state index contributed by atoms with van der Waals surface area (Å²) in [6.45, 7) is 6.07. The van der Waals surface area contributed by atoms with E-state index in [4.69, 9.17) is 4.74 Å². The van der Waals surface area contributed by atoms with Gasteiger partial charge in [-0.05, 0) is 49.8 Å². The molecule has 0 radical (unpaired) electrons. The van der Waals surface area contributed by atoms with Gasteiger partial charge in [-0.2, -0.15) is 0 Å². The van der Waals surface area contributed by atoms with E-state index in [-0.39, 0.29) is 0 Å². The molecule has 1 unspecified atom stereocenters. The number of anilines is 1. The lowest BCUT2D eigenvalue weighted by molar-refractivity contribution is 0.0439. The lowest BCUT2D eigenvalue weighted by atomic mass is 10.1. The van der Waals surface area contributed by atoms with Gasteiger partial charge in [-0.3, -0.25) is 0 Å². The van der Waals surface area contributed by atoms with Crippen molar-refractivity contribution >= 4 is 5.82 Å². The van der Waals surface area contributed by atoms with Gasteiger partial charge in [0.05, 0.1) is 6.10 Å². The number of ether oxygens (including phenoxy) is 1. The molecule has 3 rings (SSSR count). The summed E-state index contributed by atoms with van der Waals surface area (Å²) in [6, 6.07) is 5.11. The summed E-state index contributed by atoms with van der Waals surface area (Å²) in [6.07, 6.45) is 8.45. The molecule has 2 aliphatic rings. The fourth-order valence-electron chi connectivity index (χ4n) is 2.86. The zero-order valence-electron chi connectivity index (χ0n) is 13.1. The second-order valence-electron chi connectivity index (χ2n) is 6.26. The number of nitrogens with zero attached hydrogens (tertiary/aromatic N) is 2. The Balaban J connectivity index is 1.57. The average molecular weight is 289 g/mol. The van der Waals surface area contributed by atoms with E-state index < -0.39 is 0 Å². The molecule has 1 N–H and O–H groups in total. The van der Waals surface area contributed by atoms with Crippen molar-refractivity contribution in [3.05, 3.63) is 23.9 Å². The topological polar surface area (TPSA) is 37.4 Å². The van der Waals surface area contributed by atoms with Crippen LogP contribution in [0, 0.1) is 0 Å². The average Bonchev–Trinajstić information content (AvgIpc) is 3.36. The molecule has 0 aromatic carbocycles. The Labute approximate surface area is 127 Å². The summed E-state index contributed by atoms with van der Waals surface area (Å²) in [4.78, 5) is 6.94. The predicted octanol–water partition coefficient (Wildman–Crippen LogP) is 2.73. The molecule has 1 saturated carbocycles. The molecule has 1 aliphatic heterocycles. The van der Waals surface area contributed by atoms with Crippen LogP contribution in [0.3, 0.4) is 0 Å². The second-order valence-corrected chi connectivity index (χ2v) is 6.26. The van der Waals surface area contributed by atoms with Crippen molar-refractivity contribution in [1.82, 2.24) is 10.3 Å². The molecular weight excluding hydrogens is 262 g/mol. The number of hydrogen-bond acceptors (Lipinski definition) is 4. The van der Waals surface area contributed by atoms with Crippen LogP contribution in [0.15, 0.2) is 18.3 Å². The maximum absolute atomic E-state index is 5.92. The van der Waals surface area contributed by atoms with Crippen molar-refractivity contribution < 1.29 is 4.74 Å². The Morgan fingerprint density at radius 2 is 2.29 bits per heavy atom. The van der Waals surface area contributed by atoms with Gasteiger partial charge in [0.15, 0.2) is 0 Å². The van der Waals surface area contributed by atoms with Crippen LogP contribution in [0.1, 0.15) is 44.6 Å². The molecule has 4 heteroatoms. The van der Waals surface area contributed by atoms with Crippen molar-refractivity contribution in [2.45, 2.75) is 57.7 Å². The van der Waals surface area contributed by atoms with E-state index in [1.165, 1.54) is 31.2 Å². The van der Waals surface area contributed by atoms with Crippen LogP contribution in [0.2, 0.25) is 0 Å². The fourth-order valence-corrected chi connectivity index (χ4v) is 2.86. The van der Waals surface area contributed by atoms with E-state index in [1.807, 2.05) is 6.20 Å². The first-order valence-corrected chi connectivity index (χ1v) is 8.40. The minimum Gasteiger partial charge on any atom is -0.376 e. The lowest BCUT2D eigenvalue weighted by Crippen LogP contribution is -2.40. The summed E-state index contributed by atoms with van der Waals surface area (Å²) in [5.74, 6) is 1.11. The Morgan fingerprint density at radius 3 is 3.10 bits per heavy atom. The smallest absolute Gasteiger partial charge is 0.128 e. The Kier molecular flexibility index (Phi) is 5.09. The highest BCUT2D eigenvalue weighted by molar-refractivity contribution is 5.41. The summed E-state index contributed by atoms with van der Waals surface area (Å²) in [5.41, 5.74) is 1.34. The van der Waals surface area contributed by atoms with E-state index in [9.17, 15) is 0 Å². The van der Waals surface area contributed by atoms with Crippen LogP contribution < -0.4 is 10.2 Å². The van der Waals surface area contributed by atoms with E-state index in [0.717, 1.165) is 44.5 Å². The van der Waals surface area contributed by atoms with Crippen LogP contribution in [-0.2, 0) is 11.3 Å². The minimum atomic E-state index is 0.369.